The van der Waals surface area contributed by atoms with Crippen molar-refractivity contribution in [2.75, 3.05) is 32.0 Å². The van der Waals surface area contributed by atoms with E-state index in [-0.39, 0.29) is 5.91 Å². The number of benzene rings is 1. The number of anilines is 1. The lowest BCUT2D eigenvalue weighted by atomic mass is 10.1. The Hall–Kier alpha value is -3.36. The second-order valence-electron chi connectivity index (χ2n) is 7.19. The zero-order chi connectivity index (χ0) is 24.5. The SMILES string of the molecule is CC.CCc1cc2cccc(Cl)c2c(C(=O)N2CCOCC2)n1.Nc1ncnc2cccnc12. The average molecular weight is 481 g/mol. The van der Waals surface area contributed by atoms with Crippen molar-refractivity contribution in [3.05, 3.63) is 65.3 Å². The van der Waals surface area contributed by atoms with E-state index in [1.165, 1.54) is 6.33 Å². The van der Waals surface area contributed by atoms with E-state index in [0.29, 0.717) is 48.4 Å². The second-order valence-corrected chi connectivity index (χ2v) is 7.60. The summed E-state index contributed by atoms with van der Waals surface area (Å²) in [7, 11) is 0. The normalized spacial score (nSPS) is 13.0. The molecule has 1 amide bonds. The van der Waals surface area contributed by atoms with Gasteiger partial charge in [-0.1, -0.05) is 44.5 Å². The minimum absolute atomic E-state index is 0.0632. The summed E-state index contributed by atoms with van der Waals surface area (Å²) in [6, 6.07) is 11.3. The first kappa shape index (κ1) is 25.3. The summed E-state index contributed by atoms with van der Waals surface area (Å²) in [4.78, 5) is 30.9. The van der Waals surface area contributed by atoms with Crippen LogP contribution in [0.2, 0.25) is 5.02 Å². The van der Waals surface area contributed by atoms with Crippen LogP contribution in [0.4, 0.5) is 5.82 Å². The van der Waals surface area contributed by atoms with Crippen molar-refractivity contribution in [1.29, 1.82) is 0 Å². The number of carbonyl (C=O) groups is 1. The number of carbonyl (C=O) groups excluding carboxylic acids is 1. The molecule has 1 fully saturated rings. The number of nitrogens with two attached hydrogens (primary N) is 1. The van der Waals surface area contributed by atoms with Crippen molar-refractivity contribution < 1.29 is 9.53 Å². The van der Waals surface area contributed by atoms with E-state index in [2.05, 4.69) is 19.9 Å². The Labute approximate surface area is 204 Å². The van der Waals surface area contributed by atoms with Crippen LogP contribution in [0.5, 0.6) is 0 Å². The van der Waals surface area contributed by atoms with Gasteiger partial charge in [-0.3, -0.25) is 9.78 Å². The molecule has 5 rings (SSSR count). The fourth-order valence-corrected chi connectivity index (χ4v) is 3.76. The van der Waals surface area contributed by atoms with Crippen molar-refractivity contribution in [2.24, 2.45) is 0 Å². The molecule has 0 atom stereocenters. The number of aryl methyl sites for hydroxylation is 1. The first-order valence-corrected chi connectivity index (χ1v) is 11.7. The van der Waals surface area contributed by atoms with Crippen LogP contribution < -0.4 is 5.73 Å². The molecule has 1 saturated heterocycles. The fraction of sp³-hybridized carbons (Fsp3) is 0.320. The Balaban J connectivity index is 0.000000209. The van der Waals surface area contributed by atoms with Crippen LogP contribution in [0.15, 0.2) is 48.9 Å². The van der Waals surface area contributed by atoms with Crippen molar-refractivity contribution in [1.82, 2.24) is 24.8 Å². The number of pyridine rings is 2. The molecule has 34 heavy (non-hydrogen) atoms. The molecule has 3 aromatic heterocycles. The van der Waals surface area contributed by atoms with Gasteiger partial charge in [0.15, 0.2) is 5.82 Å². The Morgan fingerprint density at radius 3 is 2.59 bits per heavy atom. The number of amides is 1. The first-order chi connectivity index (χ1) is 16.6. The van der Waals surface area contributed by atoms with Gasteiger partial charge in [0.1, 0.15) is 17.5 Å². The molecule has 1 aromatic carbocycles. The van der Waals surface area contributed by atoms with Crippen LogP contribution in [0, 0.1) is 0 Å². The van der Waals surface area contributed by atoms with Crippen LogP contribution in [0.25, 0.3) is 21.8 Å². The molecule has 1 aliphatic rings. The minimum Gasteiger partial charge on any atom is -0.382 e. The highest BCUT2D eigenvalue weighted by Gasteiger charge is 2.23. The lowest BCUT2D eigenvalue weighted by Crippen LogP contribution is -2.41. The third-order valence-corrected chi connectivity index (χ3v) is 5.46. The highest BCUT2D eigenvalue weighted by Crippen LogP contribution is 2.28. The Morgan fingerprint density at radius 1 is 1.12 bits per heavy atom. The van der Waals surface area contributed by atoms with E-state index in [1.807, 2.05) is 51.1 Å². The van der Waals surface area contributed by atoms with Gasteiger partial charge >= 0.3 is 0 Å². The summed E-state index contributed by atoms with van der Waals surface area (Å²) >= 11 is 6.31. The molecule has 0 unspecified atom stereocenters. The standard InChI is InChI=1S/C16H17ClN2O2.C7H6N4.C2H6/c1-2-12-10-11-4-3-5-13(17)14(11)15(18-12)16(20)19-6-8-21-9-7-19;8-7-6-5(10-4-11-7)2-1-3-9-6;1-2/h3-5,10H,2,6-9H2,1H3;1-4H,(H2,8,10,11);1-2H3. The lowest BCUT2D eigenvalue weighted by molar-refractivity contribution is 0.0300. The molecule has 1 aliphatic heterocycles. The highest BCUT2D eigenvalue weighted by molar-refractivity contribution is 6.36. The average Bonchev–Trinajstić information content (AvgIpc) is 2.90. The third kappa shape index (κ3) is 5.76. The summed E-state index contributed by atoms with van der Waals surface area (Å²) in [6.07, 6.45) is 3.88. The smallest absolute Gasteiger partial charge is 0.273 e. The number of nitrogens with zero attached hydrogens (tertiary/aromatic N) is 5. The minimum atomic E-state index is -0.0632. The number of nitrogen functional groups attached to an aromatic ring is 1. The number of rotatable bonds is 2. The van der Waals surface area contributed by atoms with E-state index in [9.17, 15) is 4.79 Å². The zero-order valence-corrected chi connectivity index (χ0v) is 20.4. The largest absolute Gasteiger partial charge is 0.382 e. The van der Waals surface area contributed by atoms with Crippen molar-refractivity contribution in [3.8, 4) is 0 Å². The predicted molar refractivity (Wildman–Crippen MR) is 136 cm³/mol. The molecule has 9 heteroatoms. The number of hydrogen-bond acceptors (Lipinski definition) is 7. The Bertz CT molecular complexity index is 1260. The van der Waals surface area contributed by atoms with Gasteiger partial charge in [0.2, 0.25) is 0 Å². The van der Waals surface area contributed by atoms with E-state index in [0.717, 1.165) is 28.4 Å². The molecule has 0 radical (unpaired) electrons. The second kappa shape index (κ2) is 12.2. The Kier molecular flexibility index (Phi) is 9.07. The summed E-state index contributed by atoms with van der Waals surface area (Å²) in [6.45, 7) is 8.38. The van der Waals surface area contributed by atoms with Gasteiger partial charge in [0, 0.05) is 30.4 Å². The number of morpholine rings is 1. The number of ether oxygens (including phenoxy) is 1. The molecular formula is C25H29ClN6O2. The predicted octanol–water partition coefficient (Wildman–Crippen LogP) is 4.56. The molecule has 2 N–H and O–H groups in total. The van der Waals surface area contributed by atoms with Crippen molar-refractivity contribution in [3.63, 3.8) is 0 Å². The van der Waals surface area contributed by atoms with Gasteiger partial charge < -0.3 is 15.4 Å². The maximum Gasteiger partial charge on any atom is 0.273 e. The monoisotopic (exact) mass is 480 g/mol. The third-order valence-electron chi connectivity index (χ3n) is 5.15. The number of fused-ring (bicyclic) bond motifs is 2. The topological polar surface area (TPSA) is 107 Å². The number of halogens is 1. The maximum absolute atomic E-state index is 12.8. The van der Waals surface area contributed by atoms with Crippen LogP contribution in [-0.2, 0) is 11.2 Å². The fourth-order valence-electron chi connectivity index (χ4n) is 3.49. The van der Waals surface area contributed by atoms with Gasteiger partial charge in [-0.05, 0) is 36.1 Å². The first-order valence-electron chi connectivity index (χ1n) is 11.3. The van der Waals surface area contributed by atoms with E-state index in [1.54, 1.807) is 17.2 Å². The molecular weight excluding hydrogens is 452 g/mol. The molecule has 4 heterocycles. The quantitative estimate of drug-likeness (QED) is 0.448. The van der Waals surface area contributed by atoms with Crippen LogP contribution in [0.1, 0.15) is 37.0 Å². The molecule has 0 spiro atoms. The van der Waals surface area contributed by atoms with Crippen LogP contribution >= 0.6 is 11.6 Å². The van der Waals surface area contributed by atoms with Crippen molar-refractivity contribution in [2.45, 2.75) is 27.2 Å². The van der Waals surface area contributed by atoms with Gasteiger partial charge in [0.05, 0.1) is 23.8 Å². The highest BCUT2D eigenvalue weighted by atomic mass is 35.5. The summed E-state index contributed by atoms with van der Waals surface area (Å²) < 4.78 is 5.30. The maximum atomic E-state index is 12.8. The van der Waals surface area contributed by atoms with E-state index < -0.39 is 0 Å². The molecule has 4 aromatic rings. The van der Waals surface area contributed by atoms with E-state index in [4.69, 9.17) is 22.1 Å². The Morgan fingerprint density at radius 2 is 1.88 bits per heavy atom. The summed E-state index contributed by atoms with van der Waals surface area (Å²) in [5.74, 6) is 0.363. The van der Waals surface area contributed by atoms with Gasteiger partial charge in [0.25, 0.3) is 5.91 Å². The lowest BCUT2D eigenvalue weighted by Gasteiger charge is -2.27. The number of hydrogen-bond donors (Lipinski definition) is 1. The number of aromatic nitrogens is 4. The van der Waals surface area contributed by atoms with E-state index >= 15 is 0 Å². The van der Waals surface area contributed by atoms with Gasteiger partial charge in [-0.15, -0.1) is 0 Å². The molecule has 8 nitrogen and oxygen atoms in total. The van der Waals surface area contributed by atoms with Crippen molar-refractivity contribution >= 4 is 45.1 Å². The van der Waals surface area contributed by atoms with Crippen LogP contribution in [-0.4, -0.2) is 57.0 Å². The van der Waals surface area contributed by atoms with Gasteiger partial charge in [-0.2, -0.15) is 0 Å². The molecule has 0 aliphatic carbocycles. The zero-order valence-electron chi connectivity index (χ0n) is 19.7. The molecule has 0 bridgehead atoms. The molecule has 0 saturated carbocycles. The summed E-state index contributed by atoms with van der Waals surface area (Å²) in [5.41, 5.74) is 8.34. The van der Waals surface area contributed by atoms with Gasteiger partial charge in [-0.25, -0.2) is 15.0 Å². The summed E-state index contributed by atoms with van der Waals surface area (Å²) in [5, 5.41) is 2.28. The van der Waals surface area contributed by atoms with Crippen LogP contribution in [0.3, 0.4) is 0 Å². The molecule has 178 valence electrons.